The summed E-state index contributed by atoms with van der Waals surface area (Å²) in [6.45, 7) is 3.78. The largest absolute Gasteiger partial charge is 0.497 e. The Morgan fingerprint density at radius 1 is 1.32 bits per heavy atom. The molecule has 8 heteroatoms. The molecule has 6 nitrogen and oxygen atoms in total. The third-order valence-corrected chi connectivity index (χ3v) is 6.24. The van der Waals surface area contributed by atoms with Gasteiger partial charge in [-0.25, -0.2) is 0 Å². The molecule has 1 saturated heterocycles. The van der Waals surface area contributed by atoms with Crippen LogP contribution in [0, 0.1) is 11.3 Å². The predicted octanol–water partition coefficient (Wildman–Crippen LogP) is 4.08. The number of halogens is 1. The van der Waals surface area contributed by atoms with Gasteiger partial charge in [0.2, 0.25) is 5.91 Å². The zero-order chi connectivity index (χ0) is 22.4. The summed E-state index contributed by atoms with van der Waals surface area (Å²) in [5.41, 5.74) is 1.23. The minimum absolute atomic E-state index is 0.127. The molecule has 0 spiro atoms. The first kappa shape index (κ1) is 22.5. The molecule has 2 aromatic rings. The van der Waals surface area contributed by atoms with E-state index in [-0.39, 0.29) is 23.1 Å². The number of rotatable bonds is 7. The fourth-order valence-electron chi connectivity index (χ4n) is 3.07. The molecule has 0 bridgehead atoms. The van der Waals surface area contributed by atoms with Crippen molar-refractivity contribution in [2.45, 2.75) is 11.7 Å². The maximum Gasteiger partial charge on any atom is 0.264 e. The van der Waals surface area contributed by atoms with E-state index in [1.54, 1.807) is 37.4 Å². The molecule has 158 valence electrons. The van der Waals surface area contributed by atoms with Crippen molar-refractivity contribution in [2.75, 3.05) is 18.6 Å². The molecule has 1 fully saturated rings. The van der Waals surface area contributed by atoms with Crippen molar-refractivity contribution in [1.29, 1.82) is 5.26 Å². The summed E-state index contributed by atoms with van der Waals surface area (Å²) in [4.78, 5) is 27.4. The number of nitrogens with one attached hydrogen (secondary N) is 1. The fraction of sp³-hybridized carbons (Fsp3) is 0.174. The zero-order valence-electron chi connectivity index (χ0n) is 16.8. The summed E-state index contributed by atoms with van der Waals surface area (Å²) in [6, 6.07) is 16.1. The number of hydrogen-bond donors (Lipinski definition) is 1. The van der Waals surface area contributed by atoms with Crippen LogP contribution in [0.15, 0.2) is 71.8 Å². The van der Waals surface area contributed by atoms with Gasteiger partial charge in [0.25, 0.3) is 5.91 Å². The number of benzene rings is 2. The van der Waals surface area contributed by atoms with E-state index in [0.717, 1.165) is 5.56 Å². The van der Waals surface area contributed by atoms with Gasteiger partial charge in [0.05, 0.1) is 12.4 Å². The molecule has 0 radical (unpaired) electrons. The number of nitriles is 1. The molecule has 1 aliphatic heterocycles. The van der Waals surface area contributed by atoms with Gasteiger partial charge in [0, 0.05) is 17.3 Å². The summed E-state index contributed by atoms with van der Waals surface area (Å²) in [5, 5.41) is 12.6. The van der Waals surface area contributed by atoms with Crippen LogP contribution in [0.4, 0.5) is 5.69 Å². The lowest BCUT2D eigenvalue weighted by molar-refractivity contribution is -0.117. The first-order valence-electron chi connectivity index (χ1n) is 9.41. The molecule has 1 atom stereocenters. The van der Waals surface area contributed by atoms with E-state index in [0.29, 0.717) is 22.9 Å². The van der Waals surface area contributed by atoms with Gasteiger partial charge in [-0.1, -0.05) is 47.6 Å². The molecule has 0 aromatic heterocycles. The van der Waals surface area contributed by atoms with Crippen molar-refractivity contribution in [1.82, 2.24) is 5.32 Å². The van der Waals surface area contributed by atoms with E-state index in [2.05, 4.69) is 11.9 Å². The Hall–Kier alpha value is -3.21. The molecule has 0 aliphatic carbocycles. The van der Waals surface area contributed by atoms with E-state index in [9.17, 15) is 14.9 Å². The van der Waals surface area contributed by atoms with Crippen molar-refractivity contribution in [2.24, 2.45) is 0 Å². The van der Waals surface area contributed by atoms with Crippen LogP contribution in [-0.2, 0) is 16.0 Å². The summed E-state index contributed by atoms with van der Waals surface area (Å²) < 4.78 is 5.19. The monoisotopic (exact) mass is 453 g/mol. The smallest absolute Gasteiger partial charge is 0.264 e. The van der Waals surface area contributed by atoms with E-state index >= 15 is 0 Å². The van der Waals surface area contributed by atoms with Crippen LogP contribution < -0.4 is 15.0 Å². The van der Waals surface area contributed by atoms with Gasteiger partial charge in [-0.05, 0) is 42.3 Å². The van der Waals surface area contributed by atoms with Crippen LogP contribution in [0.25, 0.3) is 0 Å². The second-order valence-electron chi connectivity index (χ2n) is 6.56. The van der Waals surface area contributed by atoms with E-state index in [1.165, 1.54) is 22.7 Å². The Kier molecular flexibility index (Phi) is 7.40. The Balaban J connectivity index is 2.04. The molecule has 0 saturated carbocycles. The number of ether oxygens (including phenoxy) is 1. The standard InChI is InChI=1S/C23H20ClN3O3S/c1-3-12-26-21(28)18(14-25)23-27(16-8-10-17(30-2)11-9-16)22(29)20(31-23)13-15-6-4-5-7-19(15)24/h3-11,20H,1,12-13H2,2H3,(H,26,28)/b23-18-. The highest BCUT2D eigenvalue weighted by atomic mass is 35.5. The molecular weight excluding hydrogens is 434 g/mol. The fourth-order valence-corrected chi connectivity index (χ4v) is 4.58. The summed E-state index contributed by atoms with van der Waals surface area (Å²) in [6.07, 6.45) is 1.89. The maximum absolute atomic E-state index is 13.4. The van der Waals surface area contributed by atoms with Crippen LogP contribution in [0.3, 0.4) is 0 Å². The number of methoxy groups -OCH3 is 1. The van der Waals surface area contributed by atoms with Crippen LogP contribution in [-0.4, -0.2) is 30.7 Å². The molecular formula is C23H20ClN3O3S. The Labute approximate surface area is 190 Å². The summed E-state index contributed by atoms with van der Waals surface area (Å²) in [7, 11) is 1.55. The number of carbonyl (C=O) groups excluding carboxylic acids is 2. The Bertz CT molecular complexity index is 1080. The zero-order valence-corrected chi connectivity index (χ0v) is 18.4. The topological polar surface area (TPSA) is 82.4 Å². The maximum atomic E-state index is 13.4. The molecule has 1 N–H and O–H groups in total. The first-order valence-corrected chi connectivity index (χ1v) is 10.7. The van der Waals surface area contributed by atoms with Gasteiger partial charge in [-0.15, -0.1) is 6.58 Å². The third kappa shape index (κ3) is 4.93. The third-order valence-electron chi connectivity index (χ3n) is 4.61. The number of nitrogens with zero attached hydrogens (tertiary/aromatic N) is 2. The lowest BCUT2D eigenvalue weighted by Gasteiger charge is -2.19. The van der Waals surface area contributed by atoms with Crippen LogP contribution in [0.5, 0.6) is 5.75 Å². The van der Waals surface area contributed by atoms with Crippen molar-refractivity contribution in [3.8, 4) is 11.8 Å². The van der Waals surface area contributed by atoms with Crippen molar-refractivity contribution < 1.29 is 14.3 Å². The molecule has 1 unspecified atom stereocenters. The quantitative estimate of drug-likeness (QED) is 0.388. The molecule has 31 heavy (non-hydrogen) atoms. The van der Waals surface area contributed by atoms with Crippen LogP contribution in [0.2, 0.25) is 5.02 Å². The van der Waals surface area contributed by atoms with Crippen molar-refractivity contribution in [3.63, 3.8) is 0 Å². The lowest BCUT2D eigenvalue weighted by Crippen LogP contribution is -2.32. The number of amides is 2. The number of hydrogen-bond acceptors (Lipinski definition) is 5. The highest BCUT2D eigenvalue weighted by Gasteiger charge is 2.41. The minimum atomic E-state index is -0.561. The molecule has 3 rings (SSSR count). The first-order chi connectivity index (χ1) is 15.0. The van der Waals surface area contributed by atoms with E-state index in [1.807, 2.05) is 24.3 Å². The van der Waals surface area contributed by atoms with Gasteiger partial charge < -0.3 is 10.1 Å². The van der Waals surface area contributed by atoms with Gasteiger partial charge in [-0.2, -0.15) is 5.26 Å². The normalized spacial score (nSPS) is 17.1. The SMILES string of the molecule is C=CCNC(=O)/C(C#N)=C1\SC(Cc2ccccc2Cl)C(=O)N1c1ccc(OC)cc1. The molecule has 2 aromatic carbocycles. The Morgan fingerprint density at radius 3 is 2.65 bits per heavy atom. The highest BCUT2D eigenvalue weighted by Crippen LogP contribution is 2.42. The second kappa shape index (κ2) is 10.2. The average molecular weight is 454 g/mol. The number of thioether (sulfide) groups is 1. The minimum Gasteiger partial charge on any atom is -0.497 e. The van der Waals surface area contributed by atoms with Gasteiger partial charge in [-0.3, -0.25) is 14.5 Å². The number of anilines is 1. The van der Waals surface area contributed by atoms with E-state index < -0.39 is 11.2 Å². The summed E-state index contributed by atoms with van der Waals surface area (Å²) >= 11 is 7.47. The molecule has 1 heterocycles. The van der Waals surface area contributed by atoms with Crippen molar-refractivity contribution >= 4 is 40.9 Å². The van der Waals surface area contributed by atoms with Crippen LogP contribution in [0.1, 0.15) is 5.56 Å². The Morgan fingerprint density at radius 2 is 2.03 bits per heavy atom. The predicted molar refractivity (Wildman–Crippen MR) is 123 cm³/mol. The molecule has 1 aliphatic rings. The lowest BCUT2D eigenvalue weighted by atomic mass is 10.1. The molecule has 2 amide bonds. The number of carbonyl (C=O) groups is 2. The highest BCUT2D eigenvalue weighted by molar-refractivity contribution is 8.05. The van der Waals surface area contributed by atoms with Gasteiger partial charge in [0.15, 0.2) is 0 Å². The van der Waals surface area contributed by atoms with Gasteiger partial charge >= 0.3 is 0 Å². The van der Waals surface area contributed by atoms with Crippen molar-refractivity contribution in [3.05, 3.63) is 82.4 Å². The van der Waals surface area contributed by atoms with Crippen LogP contribution >= 0.6 is 23.4 Å². The second-order valence-corrected chi connectivity index (χ2v) is 8.16. The van der Waals surface area contributed by atoms with Gasteiger partial charge in [0.1, 0.15) is 22.4 Å². The average Bonchev–Trinajstić information content (AvgIpc) is 3.10. The summed E-state index contributed by atoms with van der Waals surface area (Å²) in [5.74, 6) is -0.158. The van der Waals surface area contributed by atoms with E-state index in [4.69, 9.17) is 16.3 Å².